The molecule has 0 bridgehead atoms. The van der Waals surface area contributed by atoms with Gasteiger partial charge in [-0.25, -0.2) is 8.42 Å². The molecule has 0 aliphatic carbocycles. The maximum atomic E-state index is 12.4. The molecule has 1 aromatic rings. The van der Waals surface area contributed by atoms with Gasteiger partial charge in [-0.2, -0.15) is 0 Å². The smallest absolute Gasteiger partial charge is 0.163 e. The van der Waals surface area contributed by atoms with E-state index in [2.05, 4.69) is 6.92 Å². The molecule has 2 atom stereocenters. The van der Waals surface area contributed by atoms with E-state index in [1.54, 1.807) is 13.2 Å². The molecule has 0 amide bonds. The van der Waals surface area contributed by atoms with Crippen LogP contribution in [0.2, 0.25) is 0 Å². The molecule has 27 heavy (non-hydrogen) atoms. The number of hydrogen-bond donors (Lipinski definition) is 1. The Morgan fingerprint density at radius 1 is 1.33 bits per heavy atom. The van der Waals surface area contributed by atoms with Crippen LogP contribution in [0.15, 0.2) is 41.0 Å². The van der Waals surface area contributed by atoms with Crippen LogP contribution in [0.4, 0.5) is 0 Å². The number of para-hydroxylation sites is 1. The highest BCUT2D eigenvalue weighted by molar-refractivity contribution is 7.92. The molecule has 1 N–H and O–H groups in total. The summed E-state index contributed by atoms with van der Waals surface area (Å²) in [5, 5.41) is 9.53. The Hall–Kier alpha value is -1.63. The van der Waals surface area contributed by atoms with Crippen LogP contribution < -0.4 is 0 Å². The normalized spacial score (nSPS) is 24.4. The second kappa shape index (κ2) is 8.59. The Labute approximate surface area is 161 Å². The summed E-state index contributed by atoms with van der Waals surface area (Å²) in [6.07, 6.45) is 5.38. The van der Waals surface area contributed by atoms with E-state index in [4.69, 9.17) is 9.47 Å². The van der Waals surface area contributed by atoms with Crippen molar-refractivity contribution in [1.29, 1.82) is 0 Å². The van der Waals surface area contributed by atoms with Crippen LogP contribution in [-0.2, 0) is 19.3 Å². The zero-order valence-corrected chi connectivity index (χ0v) is 16.8. The van der Waals surface area contributed by atoms with Gasteiger partial charge in [0, 0.05) is 12.7 Å². The van der Waals surface area contributed by atoms with Crippen molar-refractivity contribution in [3.8, 4) is 5.75 Å². The van der Waals surface area contributed by atoms with Gasteiger partial charge in [0.1, 0.15) is 11.0 Å². The van der Waals surface area contributed by atoms with Crippen molar-refractivity contribution in [3.05, 3.63) is 46.5 Å². The quantitative estimate of drug-likeness (QED) is 0.686. The van der Waals surface area contributed by atoms with E-state index in [9.17, 15) is 13.5 Å². The molecule has 3 rings (SSSR count). The van der Waals surface area contributed by atoms with Gasteiger partial charge in [0.2, 0.25) is 0 Å². The average molecular weight is 393 g/mol. The molecule has 0 saturated carbocycles. The molecule has 0 spiro atoms. The molecule has 6 heteroatoms. The first-order valence-corrected chi connectivity index (χ1v) is 11.2. The number of methoxy groups -OCH3 is 1. The second-order valence-electron chi connectivity index (χ2n) is 7.26. The summed E-state index contributed by atoms with van der Waals surface area (Å²) in [5.41, 5.74) is 3.84. The van der Waals surface area contributed by atoms with Gasteiger partial charge < -0.3 is 14.6 Å². The zero-order valence-electron chi connectivity index (χ0n) is 16.0. The fraction of sp³-hybridized carbons (Fsp3) is 0.524. The molecular formula is C21H28O5S. The lowest BCUT2D eigenvalue weighted by Gasteiger charge is -2.15. The van der Waals surface area contributed by atoms with E-state index in [1.807, 2.05) is 24.3 Å². The van der Waals surface area contributed by atoms with Crippen molar-refractivity contribution in [2.24, 2.45) is 0 Å². The van der Waals surface area contributed by atoms with E-state index < -0.39 is 15.1 Å². The third kappa shape index (κ3) is 4.45. The zero-order chi connectivity index (χ0) is 19.4. The minimum atomic E-state index is -3.16. The molecule has 1 fully saturated rings. The molecule has 2 aliphatic rings. The lowest BCUT2D eigenvalue weighted by Crippen LogP contribution is -2.19. The number of aromatic hydroxyl groups is 1. The number of fused-ring (bicyclic) bond motifs is 1. The standard InChI is InChI=1S/C21H28O5S/c1-3-6-15(11-16-7-4-5-8-18(16)22)9-10-19-21-17(12-25-2)14-27(23,24)20(21)13-26-19/h4-5,7-8,11,19-20,22H,3,6,9-10,12-14H2,1-2H3/b15-11+/t19-,20+/m1/s1. The van der Waals surface area contributed by atoms with Gasteiger partial charge in [0.15, 0.2) is 9.84 Å². The molecule has 1 aromatic carbocycles. The van der Waals surface area contributed by atoms with Crippen molar-refractivity contribution >= 4 is 15.9 Å². The summed E-state index contributed by atoms with van der Waals surface area (Å²) >= 11 is 0. The number of ether oxygens (including phenoxy) is 2. The monoisotopic (exact) mass is 392 g/mol. The fourth-order valence-corrected chi connectivity index (χ4v) is 5.97. The Bertz CT molecular complexity index is 838. The molecule has 0 radical (unpaired) electrons. The number of rotatable bonds is 8. The van der Waals surface area contributed by atoms with Gasteiger partial charge in [-0.1, -0.05) is 43.2 Å². The van der Waals surface area contributed by atoms with E-state index >= 15 is 0 Å². The summed E-state index contributed by atoms with van der Waals surface area (Å²) in [6.45, 7) is 2.73. The molecule has 0 unspecified atom stereocenters. The number of hydrogen-bond acceptors (Lipinski definition) is 5. The first kappa shape index (κ1) is 20.1. The number of phenolic OH excluding ortho intramolecular Hbond substituents is 1. The van der Waals surface area contributed by atoms with Crippen LogP contribution in [0, 0.1) is 0 Å². The number of allylic oxidation sites excluding steroid dienone is 1. The van der Waals surface area contributed by atoms with E-state index in [-0.39, 0.29) is 24.2 Å². The molecule has 2 heterocycles. The van der Waals surface area contributed by atoms with Crippen molar-refractivity contribution in [2.75, 3.05) is 26.1 Å². The van der Waals surface area contributed by atoms with Crippen LogP contribution in [0.5, 0.6) is 5.75 Å². The lowest BCUT2D eigenvalue weighted by atomic mass is 9.95. The highest BCUT2D eigenvalue weighted by Gasteiger charge is 2.46. The number of phenols is 1. The lowest BCUT2D eigenvalue weighted by molar-refractivity contribution is 0.116. The predicted octanol–water partition coefficient (Wildman–Crippen LogP) is 3.49. The highest BCUT2D eigenvalue weighted by Crippen LogP contribution is 2.39. The van der Waals surface area contributed by atoms with E-state index in [0.717, 1.165) is 42.4 Å². The summed E-state index contributed by atoms with van der Waals surface area (Å²) in [6, 6.07) is 7.30. The van der Waals surface area contributed by atoms with Gasteiger partial charge >= 0.3 is 0 Å². The molecular weight excluding hydrogens is 364 g/mol. The van der Waals surface area contributed by atoms with Crippen molar-refractivity contribution in [3.63, 3.8) is 0 Å². The Morgan fingerprint density at radius 2 is 2.11 bits per heavy atom. The number of benzene rings is 1. The summed E-state index contributed by atoms with van der Waals surface area (Å²) < 4.78 is 35.8. The van der Waals surface area contributed by atoms with Crippen LogP contribution in [0.25, 0.3) is 6.08 Å². The van der Waals surface area contributed by atoms with Crippen LogP contribution in [0.1, 0.15) is 38.2 Å². The maximum Gasteiger partial charge on any atom is 0.163 e. The van der Waals surface area contributed by atoms with Crippen LogP contribution in [-0.4, -0.2) is 51.0 Å². The minimum Gasteiger partial charge on any atom is -0.507 e. The SMILES string of the molecule is CCC/C(=C\c1ccccc1O)CC[C@H]1OC[C@H]2C1=C(COC)CS2(=O)=O. The molecule has 148 valence electrons. The van der Waals surface area contributed by atoms with E-state index in [0.29, 0.717) is 6.61 Å². The molecule has 1 saturated heterocycles. The van der Waals surface area contributed by atoms with Crippen LogP contribution >= 0.6 is 0 Å². The van der Waals surface area contributed by atoms with Crippen LogP contribution in [0.3, 0.4) is 0 Å². The summed E-state index contributed by atoms with van der Waals surface area (Å²) in [5.74, 6) is 0.367. The predicted molar refractivity (Wildman–Crippen MR) is 106 cm³/mol. The Balaban J connectivity index is 1.76. The van der Waals surface area contributed by atoms with Crippen molar-refractivity contribution < 1.29 is 23.0 Å². The van der Waals surface area contributed by atoms with Gasteiger partial charge in [0.05, 0.1) is 25.1 Å². The topological polar surface area (TPSA) is 72.8 Å². The fourth-order valence-electron chi connectivity index (χ4n) is 4.04. The first-order chi connectivity index (χ1) is 13.0. The first-order valence-electron chi connectivity index (χ1n) is 9.47. The molecule has 2 aliphatic heterocycles. The van der Waals surface area contributed by atoms with Gasteiger partial charge in [0.25, 0.3) is 0 Å². The summed E-state index contributed by atoms with van der Waals surface area (Å²) in [4.78, 5) is 0. The largest absolute Gasteiger partial charge is 0.507 e. The minimum absolute atomic E-state index is 0.0935. The van der Waals surface area contributed by atoms with Gasteiger partial charge in [-0.05, 0) is 36.5 Å². The van der Waals surface area contributed by atoms with Gasteiger partial charge in [-0.3, -0.25) is 0 Å². The van der Waals surface area contributed by atoms with E-state index in [1.165, 1.54) is 5.57 Å². The Kier molecular flexibility index (Phi) is 6.40. The third-order valence-electron chi connectivity index (χ3n) is 5.27. The second-order valence-corrected chi connectivity index (χ2v) is 9.44. The maximum absolute atomic E-state index is 12.4. The molecule has 5 nitrogen and oxygen atoms in total. The average Bonchev–Trinajstić information content (AvgIpc) is 3.15. The third-order valence-corrected chi connectivity index (χ3v) is 7.28. The highest BCUT2D eigenvalue weighted by atomic mass is 32.2. The van der Waals surface area contributed by atoms with Crippen molar-refractivity contribution in [1.82, 2.24) is 0 Å². The number of sulfone groups is 1. The van der Waals surface area contributed by atoms with Gasteiger partial charge in [-0.15, -0.1) is 0 Å². The Morgan fingerprint density at radius 3 is 2.81 bits per heavy atom. The molecule has 0 aromatic heterocycles. The summed E-state index contributed by atoms with van der Waals surface area (Å²) in [7, 11) is -1.57. The van der Waals surface area contributed by atoms with Crippen molar-refractivity contribution in [2.45, 2.75) is 44.0 Å².